The molecule has 5 nitrogen and oxygen atoms in total. The fourth-order valence-electron chi connectivity index (χ4n) is 3.97. The normalized spacial score (nSPS) is 17.6. The summed E-state index contributed by atoms with van der Waals surface area (Å²) in [7, 11) is 0. The number of nitrogens with zero attached hydrogens (tertiary/aromatic N) is 2. The summed E-state index contributed by atoms with van der Waals surface area (Å²) in [4.78, 5) is 17.3. The lowest BCUT2D eigenvalue weighted by atomic mass is 10.1. The molecular weight excluding hydrogens is 350 g/mol. The van der Waals surface area contributed by atoms with Gasteiger partial charge >= 0.3 is 0 Å². The van der Waals surface area contributed by atoms with Gasteiger partial charge in [-0.25, -0.2) is 0 Å². The van der Waals surface area contributed by atoms with E-state index < -0.39 is 0 Å². The van der Waals surface area contributed by atoms with Crippen LogP contribution in [0.25, 0.3) is 0 Å². The molecule has 1 amide bonds. The van der Waals surface area contributed by atoms with Gasteiger partial charge in [0, 0.05) is 37.4 Å². The molecule has 2 aliphatic rings. The highest BCUT2D eigenvalue weighted by molar-refractivity contribution is 5.94. The predicted molar refractivity (Wildman–Crippen MR) is 112 cm³/mol. The maximum Gasteiger partial charge on any atom is 0.251 e. The second kappa shape index (κ2) is 9.22. The number of likely N-dealkylation sites (tertiary alicyclic amines) is 1. The number of morpholine rings is 1. The number of benzene rings is 2. The number of ether oxygens (including phenoxy) is 1. The minimum Gasteiger partial charge on any atom is -0.378 e. The lowest BCUT2D eigenvalue weighted by Crippen LogP contribution is -2.36. The van der Waals surface area contributed by atoms with Crippen molar-refractivity contribution in [3.05, 3.63) is 65.2 Å². The van der Waals surface area contributed by atoms with Crippen molar-refractivity contribution in [1.82, 2.24) is 10.2 Å². The topological polar surface area (TPSA) is 44.8 Å². The van der Waals surface area contributed by atoms with Crippen LogP contribution in [0.3, 0.4) is 0 Å². The van der Waals surface area contributed by atoms with Gasteiger partial charge in [-0.05, 0) is 61.3 Å². The number of anilines is 1. The highest BCUT2D eigenvalue weighted by Gasteiger charge is 2.13. The summed E-state index contributed by atoms with van der Waals surface area (Å²) in [6.45, 7) is 7.28. The van der Waals surface area contributed by atoms with Gasteiger partial charge in [0.05, 0.1) is 13.2 Å². The summed E-state index contributed by atoms with van der Waals surface area (Å²) in [5, 5.41) is 3.05. The zero-order valence-corrected chi connectivity index (χ0v) is 16.4. The number of hydrogen-bond donors (Lipinski definition) is 1. The number of amides is 1. The first kappa shape index (κ1) is 19.0. The molecule has 2 aromatic carbocycles. The summed E-state index contributed by atoms with van der Waals surface area (Å²) in [6, 6.07) is 16.4. The average molecular weight is 380 g/mol. The zero-order valence-electron chi connectivity index (χ0n) is 16.4. The monoisotopic (exact) mass is 379 g/mol. The molecule has 0 spiro atoms. The Kier molecular flexibility index (Phi) is 6.24. The van der Waals surface area contributed by atoms with Gasteiger partial charge in [0.25, 0.3) is 5.91 Å². The first-order valence-electron chi connectivity index (χ1n) is 10.3. The number of carbonyl (C=O) groups is 1. The second-order valence-corrected chi connectivity index (χ2v) is 7.63. The van der Waals surface area contributed by atoms with Crippen LogP contribution in [0, 0.1) is 0 Å². The minimum atomic E-state index is -0.0292. The van der Waals surface area contributed by atoms with Crippen molar-refractivity contribution in [2.24, 2.45) is 0 Å². The summed E-state index contributed by atoms with van der Waals surface area (Å²) in [6.07, 6.45) is 2.61. The van der Waals surface area contributed by atoms with E-state index in [0.717, 1.165) is 44.1 Å². The Labute approximate surface area is 167 Å². The van der Waals surface area contributed by atoms with E-state index in [9.17, 15) is 4.79 Å². The number of carbonyl (C=O) groups excluding carboxylic acids is 1. The maximum atomic E-state index is 12.5. The SMILES string of the molecule is O=C(NCc1cccc(CN2CCCC2)c1)c1ccc(N2CCOCC2)cc1. The van der Waals surface area contributed by atoms with E-state index in [1.807, 2.05) is 24.3 Å². The van der Waals surface area contributed by atoms with E-state index in [1.54, 1.807) is 0 Å². The van der Waals surface area contributed by atoms with Crippen molar-refractivity contribution in [3.8, 4) is 0 Å². The molecule has 2 saturated heterocycles. The largest absolute Gasteiger partial charge is 0.378 e. The Balaban J connectivity index is 1.31. The summed E-state index contributed by atoms with van der Waals surface area (Å²) in [5.74, 6) is -0.0292. The maximum absolute atomic E-state index is 12.5. The van der Waals surface area contributed by atoms with Crippen LogP contribution in [0.4, 0.5) is 5.69 Å². The molecule has 148 valence electrons. The summed E-state index contributed by atoms with van der Waals surface area (Å²) >= 11 is 0. The summed E-state index contributed by atoms with van der Waals surface area (Å²) < 4.78 is 5.39. The van der Waals surface area contributed by atoms with Gasteiger partial charge in [-0.1, -0.05) is 24.3 Å². The Bertz CT molecular complexity index is 779. The molecule has 0 radical (unpaired) electrons. The fourth-order valence-corrected chi connectivity index (χ4v) is 3.97. The van der Waals surface area contributed by atoms with Crippen LogP contribution in [-0.2, 0) is 17.8 Å². The lowest BCUT2D eigenvalue weighted by molar-refractivity contribution is 0.0951. The minimum absolute atomic E-state index is 0.0292. The third-order valence-corrected chi connectivity index (χ3v) is 5.56. The second-order valence-electron chi connectivity index (χ2n) is 7.63. The van der Waals surface area contributed by atoms with Crippen molar-refractivity contribution >= 4 is 11.6 Å². The van der Waals surface area contributed by atoms with Crippen molar-refractivity contribution in [3.63, 3.8) is 0 Å². The van der Waals surface area contributed by atoms with Crippen LogP contribution in [0.5, 0.6) is 0 Å². The lowest BCUT2D eigenvalue weighted by Gasteiger charge is -2.28. The van der Waals surface area contributed by atoms with Gasteiger partial charge in [-0.15, -0.1) is 0 Å². The van der Waals surface area contributed by atoms with E-state index in [0.29, 0.717) is 12.1 Å². The molecule has 0 bridgehead atoms. The van der Waals surface area contributed by atoms with Crippen LogP contribution >= 0.6 is 0 Å². The third kappa shape index (κ3) is 4.91. The van der Waals surface area contributed by atoms with Gasteiger partial charge in [-0.3, -0.25) is 9.69 Å². The van der Waals surface area contributed by atoms with Gasteiger partial charge in [0.2, 0.25) is 0 Å². The summed E-state index contributed by atoms with van der Waals surface area (Å²) in [5.41, 5.74) is 4.32. The molecule has 2 heterocycles. The van der Waals surface area contributed by atoms with Gasteiger partial charge in [-0.2, -0.15) is 0 Å². The van der Waals surface area contributed by atoms with E-state index >= 15 is 0 Å². The zero-order chi connectivity index (χ0) is 19.2. The van der Waals surface area contributed by atoms with Crippen LogP contribution in [0.1, 0.15) is 34.3 Å². The molecule has 28 heavy (non-hydrogen) atoms. The molecule has 0 unspecified atom stereocenters. The van der Waals surface area contributed by atoms with Crippen LogP contribution in [-0.4, -0.2) is 50.2 Å². The highest BCUT2D eigenvalue weighted by Crippen LogP contribution is 2.17. The standard InChI is InChI=1S/C23H29N3O2/c27-23(21-6-8-22(9-7-21)26-12-14-28-15-13-26)24-17-19-4-3-5-20(16-19)18-25-10-1-2-11-25/h3-9,16H,1-2,10-15,17-18H2,(H,24,27). The fraction of sp³-hybridized carbons (Fsp3) is 0.435. The van der Waals surface area contributed by atoms with E-state index in [4.69, 9.17) is 4.74 Å². The van der Waals surface area contributed by atoms with Gasteiger partial charge in [0.1, 0.15) is 0 Å². The van der Waals surface area contributed by atoms with E-state index in [-0.39, 0.29) is 5.91 Å². The van der Waals surface area contributed by atoms with E-state index in [2.05, 4.69) is 39.4 Å². The Morgan fingerprint density at radius 2 is 1.64 bits per heavy atom. The molecule has 0 aromatic heterocycles. The number of hydrogen-bond acceptors (Lipinski definition) is 4. The molecule has 2 aromatic rings. The smallest absolute Gasteiger partial charge is 0.251 e. The quantitative estimate of drug-likeness (QED) is 0.838. The van der Waals surface area contributed by atoms with Crippen molar-refractivity contribution in [2.45, 2.75) is 25.9 Å². The average Bonchev–Trinajstić information content (AvgIpc) is 3.26. The Hall–Kier alpha value is -2.37. The van der Waals surface area contributed by atoms with Gasteiger partial charge < -0.3 is 15.0 Å². The highest BCUT2D eigenvalue weighted by atomic mass is 16.5. The predicted octanol–water partition coefficient (Wildman–Crippen LogP) is 3.05. The van der Waals surface area contributed by atoms with Crippen molar-refractivity contribution < 1.29 is 9.53 Å². The molecule has 2 aliphatic heterocycles. The van der Waals surface area contributed by atoms with Gasteiger partial charge in [0.15, 0.2) is 0 Å². The Morgan fingerprint density at radius 1 is 0.929 bits per heavy atom. The molecule has 0 saturated carbocycles. The van der Waals surface area contributed by atoms with Crippen molar-refractivity contribution in [1.29, 1.82) is 0 Å². The van der Waals surface area contributed by atoms with Crippen LogP contribution in [0.2, 0.25) is 0 Å². The molecule has 0 aliphatic carbocycles. The molecule has 2 fully saturated rings. The molecule has 1 N–H and O–H groups in total. The van der Waals surface area contributed by atoms with Crippen LogP contribution < -0.4 is 10.2 Å². The van der Waals surface area contributed by atoms with Crippen LogP contribution in [0.15, 0.2) is 48.5 Å². The first-order chi connectivity index (χ1) is 13.8. The molecule has 4 rings (SSSR count). The number of nitrogens with one attached hydrogen (secondary N) is 1. The van der Waals surface area contributed by atoms with E-state index in [1.165, 1.54) is 31.5 Å². The van der Waals surface area contributed by atoms with Crippen molar-refractivity contribution in [2.75, 3.05) is 44.3 Å². The first-order valence-corrected chi connectivity index (χ1v) is 10.3. The molecule has 5 heteroatoms. The molecular formula is C23H29N3O2. The molecule has 0 atom stereocenters. The third-order valence-electron chi connectivity index (χ3n) is 5.56. The number of rotatable bonds is 6. The Morgan fingerprint density at radius 3 is 2.39 bits per heavy atom.